The molecule has 1 N–H and O–H groups in total. The van der Waals surface area contributed by atoms with E-state index in [1.807, 2.05) is 5.32 Å². The Kier molecular flexibility index (Phi) is 5.07. The molecule has 11 heteroatoms. The summed E-state index contributed by atoms with van der Waals surface area (Å²) in [7, 11) is 0. The highest BCUT2D eigenvalue weighted by molar-refractivity contribution is 5.91. The van der Waals surface area contributed by atoms with Crippen LogP contribution in [0.25, 0.3) is 10.8 Å². The minimum absolute atomic E-state index is 0.0506. The zero-order valence-electron chi connectivity index (χ0n) is 14.3. The number of hydrogen-bond donors (Lipinski definition) is 1. The summed E-state index contributed by atoms with van der Waals surface area (Å²) >= 11 is 0. The number of fused-ring (bicyclic) bond motifs is 1. The fourth-order valence-electron chi connectivity index (χ4n) is 2.60. The van der Waals surface area contributed by atoms with Crippen LogP contribution in [0.3, 0.4) is 0 Å². The number of carbonyl (C=O) groups excluding carboxylic acids is 1. The number of halogens is 6. The molecule has 0 fully saturated rings. The number of carbonyl (C=O) groups is 1. The molecule has 0 atom stereocenters. The molecule has 0 radical (unpaired) electrons. The standard InChI is InChI=1S/C18H11F6N3O2/c19-17(20,21)11-5-12(18(22,23)24)7-13(6-11)26-15(28)9-27-16(29)14-4-2-1-3-10(14)8-25-27/h1-8H,9H2,(H,26,28). The van der Waals surface area contributed by atoms with Crippen molar-refractivity contribution in [2.75, 3.05) is 5.32 Å². The Balaban J connectivity index is 1.89. The molecule has 3 rings (SSSR count). The highest BCUT2D eigenvalue weighted by atomic mass is 19.4. The number of anilines is 1. The van der Waals surface area contributed by atoms with Crippen LogP contribution in [0.1, 0.15) is 11.1 Å². The summed E-state index contributed by atoms with van der Waals surface area (Å²) in [6.07, 6.45) is -8.77. The molecule has 152 valence electrons. The van der Waals surface area contributed by atoms with Gasteiger partial charge in [0.25, 0.3) is 5.56 Å². The maximum atomic E-state index is 12.9. The average molecular weight is 415 g/mol. The molecule has 29 heavy (non-hydrogen) atoms. The van der Waals surface area contributed by atoms with Crippen molar-refractivity contribution < 1.29 is 31.1 Å². The third kappa shape index (κ3) is 4.55. The van der Waals surface area contributed by atoms with Gasteiger partial charge in [-0.3, -0.25) is 9.59 Å². The molecule has 1 heterocycles. The molecule has 0 aliphatic carbocycles. The van der Waals surface area contributed by atoms with Crippen LogP contribution in [0.15, 0.2) is 53.5 Å². The van der Waals surface area contributed by atoms with Gasteiger partial charge >= 0.3 is 12.4 Å². The van der Waals surface area contributed by atoms with Crippen molar-refractivity contribution >= 4 is 22.4 Å². The molecule has 0 aliphatic heterocycles. The summed E-state index contributed by atoms with van der Waals surface area (Å²) in [5.41, 5.74) is -4.46. The number of rotatable bonds is 3. The Bertz CT molecular complexity index is 1100. The monoisotopic (exact) mass is 415 g/mol. The van der Waals surface area contributed by atoms with Crippen LogP contribution in [-0.4, -0.2) is 15.7 Å². The van der Waals surface area contributed by atoms with Crippen LogP contribution in [0.2, 0.25) is 0 Å². The fraction of sp³-hybridized carbons (Fsp3) is 0.167. The van der Waals surface area contributed by atoms with Gasteiger partial charge in [-0.1, -0.05) is 18.2 Å². The van der Waals surface area contributed by atoms with Gasteiger partial charge in [0.05, 0.1) is 22.7 Å². The second-order valence-corrected chi connectivity index (χ2v) is 6.04. The highest BCUT2D eigenvalue weighted by Gasteiger charge is 2.37. The van der Waals surface area contributed by atoms with Crippen LogP contribution in [-0.2, 0) is 23.7 Å². The van der Waals surface area contributed by atoms with Gasteiger partial charge in [-0.05, 0) is 24.3 Å². The highest BCUT2D eigenvalue weighted by Crippen LogP contribution is 2.37. The first kappa shape index (κ1) is 20.4. The van der Waals surface area contributed by atoms with E-state index in [1.165, 1.54) is 12.3 Å². The number of aromatic nitrogens is 2. The predicted molar refractivity (Wildman–Crippen MR) is 91.1 cm³/mol. The normalized spacial score (nSPS) is 12.2. The molecule has 1 amide bonds. The van der Waals surface area contributed by atoms with Crippen LogP contribution in [0.4, 0.5) is 32.0 Å². The molecule has 2 aromatic carbocycles. The first-order valence-corrected chi connectivity index (χ1v) is 7.99. The van der Waals surface area contributed by atoms with E-state index in [1.54, 1.807) is 18.2 Å². The van der Waals surface area contributed by atoms with Gasteiger partial charge in [0.2, 0.25) is 5.91 Å². The maximum Gasteiger partial charge on any atom is 0.416 e. The zero-order valence-corrected chi connectivity index (χ0v) is 14.3. The first-order valence-electron chi connectivity index (χ1n) is 7.99. The van der Waals surface area contributed by atoms with Crippen molar-refractivity contribution in [2.45, 2.75) is 18.9 Å². The van der Waals surface area contributed by atoms with Crippen molar-refractivity contribution in [3.8, 4) is 0 Å². The van der Waals surface area contributed by atoms with E-state index >= 15 is 0 Å². The van der Waals surface area contributed by atoms with Crippen LogP contribution in [0.5, 0.6) is 0 Å². The number of amides is 1. The third-order valence-corrected chi connectivity index (χ3v) is 3.93. The van der Waals surface area contributed by atoms with Crippen LogP contribution >= 0.6 is 0 Å². The number of nitrogens with one attached hydrogen (secondary N) is 1. The Morgan fingerprint density at radius 1 is 0.966 bits per heavy atom. The van der Waals surface area contributed by atoms with Gasteiger partial charge in [-0.25, -0.2) is 4.68 Å². The Morgan fingerprint density at radius 2 is 1.55 bits per heavy atom. The van der Waals surface area contributed by atoms with Gasteiger partial charge in [0.15, 0.2) is 0 Å². The lowest BCUT2D eigenvalue weighted by Gasteiger charge is -2.15. The minimum atomic E-state index is -5.04. The van der Waals surface area contributed by atoms with Crippen molar-refractivity contribution in [1.82, 2.24) is 9.78 Å². The first-order chi connectivity index (χ1) is 13.4. The molecule has 0 saturated heterocycles. The Morgan fingerprint density at radius 3 is 2.14 bits per heavy atom. The largest absolute Gasteiger partial charge is 0.416 e. The topological polar surface area (TPSA) is 64.0 Å². The smallest absolute Gasteiger partial charge is 0.324 e. The number of alkyl halides is 6. The van der Waals surface area contributed by atoms with Gasteiger partial charge in [-0.2, -0.15) is 31.4 Å². The van der Waals surface area contributed by atoms with E-state index in [2.05, 4.69) is 5.10 Å². The summed E-state index contributed by atoms with van der Waals surface area (Å²) in [4.78, 5) is 24.4. The molecule has 1 aromatic heterocycles. The second kappa shape index (κ2) is 7.22. The lowest BCUT2D eigenvalue weighted by Crippen LogP contribution is -2.29. The van der Waals surface area contributed by atoms with E-state index in [0.717, 1.165) is 4.68 Å². The van der Waals surface area contributed by atoms with E-state index < -0.39 is 47.2 Å². The lowest BCUT2D eigenvalue weighted by atomic mass is 10.1. The molecule has 0 spiro atoms. The summed E-state index contributed by atoms with van der Waals surface area (Å²) < 4.78 is 78.1. The van der Waals surface area contributed by atoms with Gasteiger partial charge in [0.1, 0.15) is 6.54 Å². The maximum absolute atomic E-state index is 12.9. The number of hydrogen-bond acceptors (Lipinski definition) is 3. The molecule has 0 aliphatic rings. The van der Waals surface area contributed by atoms with E-state index in [0.29, 0.717) is 17.5 Å². The molecule has 3 aromatic rings. The average Bonchev–Trinajstić information content (AvgIpc) is 2.62. The molecule has 0 unspecified atom stereocenters. The van der Waals surface area contributed by atoms with E-state index in [-0.39, 0.29) is 11.5 Å². The summed E-state index contributed by atoms with van der Waals surface area (Å²) in [6.45, 7) is -0.693. The molecule has 5 nitrogen and oxygen atoms in total. The van der Waals surface area contributed by atoms with Gasteiger partial charge in [-0.15, -0.1) is 0 Å². The summed E-state index contributed by atoms with van der Waals surface area (Å²) in [5.74, 6) is -1.01. The van der Waals surface area contributed by atoms with Crippen molar-refractivity contribution in [2.24, 2.45) is 0 Å². The van der Waals surface area contributed by atoms with E-state index in [4.69, 9.17) is 0 Å². The molecular formula is C18H11F6N3O2. The minimum Gasteiger partial charge on any atom is -0.324 e. The quantitative estimate of drug-likeness (QED) is 0.656. The summed E-state index contributed by atoms with van der Waals surface area (Å²) in [6, 6.07) is 7.09. The van der Waals surface area contributed by atoms with Gasteiger partial charge in [0, 0.05) is 11.1 Å². The molecule has 0 saturated carbocycles. The van der Waals surface area contributed by atoms with Crippen molar-refractivity contribution in [3.63, 3.8) is 0 Å². The number of benzene rings is 2. The fourth-order valence-corrected chi connectivity index (χ4v) is 2.60. The van der Waals surface area contributed by atoms with Crippen LogP contribution in [0, 0.1) is 0 Å². The Labute approximate surface area is 158 Å². The molecule has 0 bridgehead atoms. The number of nitrogens with zero attached hydrogens (tertiary/aromatic N) is 2. The zero-order chi connectivity index (χ0) is 21.4. The lowest BCUT2D eigenvalue weighted by molar-refractivity contribution is -0.143. The molecular weight excluding hydrogens is 404 g/mol. The van der Waals surface area contributed by atoms with Crippen molar-refractivity contribution in [3.05, 3.63) is 70.1 Å². The van der Waals surface area contributed by atoms with Crippen LogP contribution < -0.4 is 10.9 Å². The predicted octanol–water partition coefficient (Wildman–Crippen LogP) is 4.07. The summed E-state index contributed by atoms with van der Waals surface area (Å²) in [5, 5.41) is 6.51. The van der Waals surface area contributed by atoms with E-state index in [9.17, 15) is 35.9 Å². The second-order valence-electron chi connectivity index (χ2n) is 6.04. The van der Waals surface area contributed by atoms with Gasteiger partial charge < -0.3 is 5.32 Å². The van der Waals surface area contributed by atoms with Crippen molar-refractivity contribution in [1.29, 1.82) is 0 Å². The third-order valence-electron chi connectivity index (χ3n) is 3.93. The SMILES string of the molecule is O=C(Cn1ncc2ccccc2c1=O)Nc1cc(C(F)(F)F)cc(C(F)(F)F)c1. The Hall–Kier alpha value is -3.37.